The summed E-state index contributed by atoms with van der Waals surface area (Å²) in [7, 11) is 0. The molecule has 2 aromatic heterocycles. The van der Waals surface area contributed by atoms with Crippen LogP contribution < -0.4 is 10.6 Å². The molecule has 0 unspecified atom stereocenters. The molecule has 1 atom stereocenters. The molecule has 0 aromatic carbocycles. The van der Waals surface area contributed by atoms with Crippen LogP contribution in [0.3, 0.4) is 0 Å². The number of thiazole rings is 1. The van der Waals surface area contributed by atoms with Gasteiger partial charge in [0, 0.05) is 42.0 Å². The van der Waals surface area contributed by atoms with Crippen molar-refractivity contribution in [3.63, 3.8) is 0 Å². The molecule has 1 saturated heterocycles. The molecule has 2 fully saturated rings. The van der Waals surface area contributed by atoms with Gasteiger partial charge in [-0.1, -0.05) is 0 Å². The third-order valence-electron chi connectivity index (χ3n) is 6.82. The number of nitrogens with one attached hydrogen (secondary N) is 2. The molecule has 1 saturated carbocycles. The van der Waals surface area contributed by atoms with E-state index in [1.54, 1.807) is 18.7 Å². The highest BCUT2D eigenvalue weighted by atomic mass is 32.1. The fourth-order valence-electron chi connectivity index (χ4n) is 4.54. The van der Waals surface area contributed by atoms with Gasteiger partial charge in [0.25, 0.3) is 18.2 Å². The first-order chi connectivity index (χ1) is 16.9. The monoisotopic (exact) mass is 521 g/mol. The minimum Gasteiger partial charge on any atom is -0.389 e. The quantitative estimate of drug-likeness (QED) is 0.468. The Balaban J connectivity index is 1.74. The van der Waals surface area contributed by atoms with Gasteiger partial charge in [0.15, 0.2) is 5.01 Å². The first-order valence-corrected chi connectivity index (χ1v) is 13.1. The Hall–Kier alpha value is -2.66. The highest BCUT2D eigenvalue weighted by molar-refractivity contribution is 7.17. The van der Waals surface area contributed by atoms with Crippen molar-refractivity contribution in [2.75, 3.05) is 18.4 Å². The number of hydrogen-bond donors (Lipinski definition) is 3. The van der Waals surface area contributed by atoms with Crippen LogP contribution in [0, 0.1) is 0 Å². The summed E-state index contributed by atoms with van der Waals surface area (Å²) in [6.07, 6.45) is 3.14. The Morgan fingerprint density at radius 2 is 2.06 bits per heavy atom. The molecule has 0 radical (unpaired) electrons. The van der Waals surface area contributed by atoms with E-state index in [1.807, 2.05) is 13.8 Å². The summed E-state index contributed by atoms with van der Waals surface area (Å²) in [5, 5.41) is 15.8. The Kier molecular flexibility index (Phi) is 7.34. The van der Waals surface area contributed by atoms with Crippen LogP contribution in [-0.4, -0.2) is 62.1 Å². The second-order valence-electron chi connectivity index (χ2n) is 10.7. The lowest BCUT2D eigenvalue weighted by molar-refractivity contribution is 0.0692. The number of pyridine rings is 1. The van der Waals surface area contributed by atoms with E-state index in [0.717, 1.165) is 43.4 Å². The normalized spacial score (nSPS) is 19.3. The Morgan fingerprint density at radius 3 is 2.61 bits per heavy atom. The van der Waals surface area contributed by atoms with Crippen molar-refractivity contribution >= 4 is 29.0 Å². The van der Waals surface area contributed by atoms with Crippen LogP contribution in [0.15, 0.2) is 12.3 Å². The number of likely N-dealkylation sites (tertiary alicyclic amines) is 1. The van der Waals surface area contributed by atoms with Gasteiger partial charge >= 0.3 is 0 Å². The molecule has 36 heavy (non-hydrogen) atoms. The van der Waals surface area contributed by atoms with E-state index in [9.17, 15) is 23.5 Å². The second-order valence-corrected chi connectivity index (χ2v) is 11.7. The smallest absolute Gasteiger partial charge is 0.280 e. The molecule has 1 aliphatic heterocycles. The van der Waals surface area contributed by atoms with E-state index in [0.29, 0.717) is 12.4 Å². The summed E-state index contributed by atoms with van der Waals surface area (Å²) < 4.78 is 28.5. The predicted octanol–water partition coefficient (Wildman–Crippen LogP) is 4.62. The van der Waals surface area contributed by atoms with Crippen molar-refractivity contribution in [2.45, 2.75) is 83.4 Å². The van der Waals surface area contributed by atoms with Crippen LogP contribution in [0.5, 0.6) is 0 Å². The molecule has 0 bridgehead atoms. The molecule has 3 heterocycles. The molecular weight excluding hydrogens is 488 g/mol. The number of carbonyl (C=O) groups is 2. The van der Waals surface area contributed by atoms with Gasteiger partial charge in [0.2, 0.25) is 0 Å². The van der Waals surface area contributed by atoms with E-state index < -0.39 is 23.8 Å². The summed E-state index contributed by atoms with van der Waals surface area (Å²) in [5.74, 6) is -0.623. The molecule has 3 N–H and O–H groups in total. The van der Waals surface area contributed by atoms with Gasteiger partial charge in [-0.15, -0.1) is 11.3 Å². The van der Waals surface area contributed by atoms with Crippen molar-refractivity contribution in [2.24, 2.45) is 0 Å². The zero-order chi connectivity index (χ0) is 26.3. The number of alkyl halides is 2. The molecule has 2 amide bonds. The van der Waals surface area contributed by atoms with Crippen molar-refractivity contribution < 1.29 is 23.5 Å². The highest BCUT2D eigenvalue weighted by Gasteiger charge is 2.34. The van der Waals surface area contributed by atoms with E-state index >= 15 is 0 Å². The fraction of sp³-hybridized carbons (Fsp3) is 0.600. The van der Waals surface area contributed by atoms with Crippen LogP contribution in [-0.2, 0) is 0 Å². The lowest BCUT2D eigenvalue weighted by Gasteiger charge is -2.39. The topological polar surface area (TPSA) is 107 Å². The van der Waals surface area contributed by atoms with Gasteiger partial charge in [-0.25, -0.2) is 18.7 Å². The maximum atomic E-state index is 14.3. The number of rotatable bonds is 8. The maximum Gasteiger partial charge on any atom is 0.280 e. The van der Waals surface area contributed by atoms with Crippen molar-refractivity contribution in [1.29, 1.82) is 0 Å². The van der Waals surface area contributed by atoms with Gasteiger partial charge in [0.05, 0.1) is 10.5 Å². The van der Waals surface area contributed by atoms with Crippen LogP contribution >= 0.6 is 11.3 Å². The highest BCUT2D eigenvalue weighted by Crippen LogP contribution is 2.40. The molecule has 4 rings (SSSR count). The lowest BCUT2D eigenvalue weighted by atomic mass is 9.78. The van der Waals surface area contributed by atoms with E-state index in [-0.39, 0.29) is 44.8 Å². The zero-order valence-electron chi connectivity index (χ0n) is 21.0. The number of amides is 2. The molecule has 0 spiro atoms. The number of aliphatic hydroxyl groups is 1. The second kappa shape index (κ2) is 10.0. The first kappa shape index (κ1) is 26.4. The SMILES string of the molecule is C[C@H]1CCCN1C(=O)c1nc(C(=O)NCC(C)(C)O)sc1-c1cnc(NC2(C)CCC2)cc1C(F)F. The Morgan fingerprint density at radius 1 is 1.33 bits per heavy atom. The summed E-state index contributed by atoms with van der Waals surface area (Å²) in [4.78, 5) is 36.8. The standard InChI is InChI=1S/C25H33F2N5O3S/c1-14-7-5-10-32(14)23(34)18-19(36-22(30-18)21(33)29-13-24(2,3)35)16-12-28-17(11-15(16)20(26)27)31-25(4)8-6-9-25/h11-12,14,20,35H,5-10,13H2,1-4H3,(H,28,31)(H,29,33)/t14-/m0/s1. The molecule has 8 nitrogen and oxygen atoms in total. The number of nitrogens with zero attached hydrogens (tertiary/aromatic N) is 3. The number of anilines is 1. The predicted molar refractivity (Wildman–Crippen MR) is 135 cm³/mol. The molecule has 11 heteroatoms. The van der Waals surface area contributed by atoms with Gasteiger partial charge in [-0.3, -0.25) is 9.59 Å². The molecule has 2 aliphatic rings. The Labute approximate surface area is 213 Å². The number of carbonyl (C=O) groups excluding carboxylic acids is 2. The summed E-state index contributed by atoms with van der Waals surface area (Å²) in [6, 6.07) is 1.31. The molecule has 196 valence electrons. The fourth-order valence-corrected chi connectivity index (χ4v) is 5.54. The van der Waals surface area contributed by atoms with Gasteiger partial charge in [-0.05, 0) is 65.9 Å². The summed E-state index contributed by atoms with van der Waals surface area (Å²) >= 11 is 0.880. The largest absolute Gasteiger partial charge is 0.389 e. The van der Waals surface area contributed by atoms with Crippen molar-refractivity contribution in [1.82, 2.24) is 20.2 Å². The van der Waals surface area contributed by atoms with E-state index in [1.165, 1.54) is 12.3 Å². The number of aromatic nitrogens is 2. The van der Waals surface area contributed by atoms with Crippen molar-refractivity contribution in [3.05, 3.63) is 28.5 Å². The molecule has 2 aromatic rings. The van der Waals surface area contributed by atoms with E-state index in [4.69, 9.17) is 0 Å². The van der Waals surface area contributed by atoms with Gasteiger partial charge in [-0.2, -0.15) is 0 Å². The molecule has 1 aliphatic carbocycles. The summed E-state index contributed by atoms with van der Waals surface area (Å²) in [5.41, 5.74) is -1.53. The Bertz CT molecular complexity index is 1140. The third kappa shape index (κ3) is 5.67. The van der Waals surface area contributed by atoms with Gasteiger partial charge in [0.1, 0.15) is 11.5 Å². The third-order valence-corrected chi connectivity index (χ3v) is 7.91. The minimum absolute atomic E-state index is 0.0120. The van der Waals surface area contributed by atoms with Crippen LogP contribution in [0.4, 0.5) is 14.6 Å². The van der Waals surface area contributed by atoms with Crippen LogP contribution in [0.1, 0.15) is 92.1 Å². The number of halogens is 2. The average molecular weight is 522 g/mol. The average Bonchev–Trinajstić information content (AvgIpc) is 3.42. The van der Waals surface area contributed by atoms with Gasteiger partial charge < -0.3 is 20.6 Å². The molecular formula is C25H33F2N5O3S. The first-order valence-electron chi connectivity index (χ1n) is 12.3. The van der Waals surface area contributed by atoms with Crippen LogP contribution in [0.2, 0.25) is 0 Å². The number of hydrogen-bond acceptors (Lipinski definition) is 7. The van der Waals surface area contributed by atoms with E-state index in [2.05, 4.69) is 20.6 Å². The van der Waals surface area contributed by atoms with Crippen LogP contribution in [0.25, 0.3) is 10.4 Å². The minimum atomic E-state index is -2.82. The zero-order valence-corrected chi connectivity index (χ0v) is 21.8. The lowest BCUT2D eigenvalue weighted by Crippen LogP contribution is -2.41. The van der Waals surface area contributed by atoms with Crippen molar-refractivity contribution in [3.8, 4) is 10.4 Å². The maximum absolute atomic E-state index is 14.3. The summed E-state index contributed by atoms with van der Waals surface area (Å²) in [6.45, 7) is 7.56.